The first-order valence-electron chi connectivity index (χ1n) is 3.43. The van der Waals surface area contributed by atoms with E-state index in [4.69, 9.17) is 0 Å². The van der Waals surface area contributed by atoms with Crippen LogP contribution in [0.15, 0.2) is 24.5 Å². The smallest absolute Gasteiger partial charge is 0.169 e. The van der Waals surface area contributed by atoms with Crippen molar-refractivity contribution in [2.75, 3.05) is 6.16 Å². The van der Waals surface area contributed by atoms with E-state index in [0.717, 1.165) is 0 Å². The Morgan fingerprint density at radius 1 is 1.54 bits per heavy atom. The quantitative estimate of drug-likeness (QED) is 0.468. The van der Waals surface area contributed by atoms with Crippen molar-refractivity contribution in [1.29, 1.82) is 0 Å². The van der Waals surface area contributed by atoms with E-state index in [9.17, 15) is 19.1 Å². The molecule has 13 heavy (non-hydrogen) atoms. The summed E-state index contributed by atoms with van der Waals surface area (Å²) < 4.78 is 10.2. The van der Waals surface area contributed by atoms with E-state index >= 15 is 0 Å². The van der Waals surface area contributed by atoms with Crippen LogP contribution < -0.4 is 9.79 Å². The van der Waals surface area contributed by atoms with E-state index in [1.165, 1.54) is 24.5 Å². The van der Waals surface area contributed by atoms with Gasteiger partial charge in [0, 0.05) is 24.1 Å². The Hall–Kier alpha value is -1.03. The molecule has 1 heterocycles. The predicted octanol–water partition coefficient (Wildman–Crippen LogP) is -0.822. The molecule has 5 nitrogen and oxygen atoms in total. The Labute approximate surface area is 74.6 Å². The van der Waals surface area contributed by atoms with Gasteiger partial charge in [0.05, 0.1) is 0 Å². The summed E-state index contributed by atoms with van der Waals surface area (Å²) in [5.41, 5.74) is 0.134. The maximum absolute atomic E-state index is 11.0. The second-order valence-corrected chi connectivity index (χ2v) is 3.97. The van der Waals surface area contributed by atoms with Crippen LogP contribution in [0, 0.1) is 0 Å². The molecule has 0 aliphatic carbocycles. The van der Waals surface area contributed by atoms with E-state index in [1.54, 1.807) is 0 Å². The van der Waals surface area contributed by atoms with Gasteiger partial charge in [-0.15, -0.1) is 0 Å². The zero-order chi connectivity index (χ0) is 9.90. The average Bonchev–Trinajstić information content (AvgIpc) is 2.03. The van der Waals surface area contributed by atoms with Crippen LogP contribution in [-0.2, 0) is 4.57 Å². The highest BCUT2D eigenvalue weighted by atomic mass is 31.2. The first kappa shape index (κ1) is 10.1. The van der Waals surface area contributed by atoms with Gasteiger partial charge < -0.3 is 14.4 Å². The van der Waals surface area contributed by atoms with Gasteiger partial charge in [-0.3, -0.25) is 9.78 Å². The molecule has 0 aliphatic rings. The van der Waals surface area contributed by atoms with E-state index in [0.29, 0.717) is 0 Å². The van der Waals surface area contributed by atoms with Gasteiger partial charge in [-0.1, -0.05) is 7.60 Å². The molecule has 6 heteroatoms. The van der Waals surface area contributed by atoms with Crippen molar-refractivity contribution in [2.45, 2.75) is 0 Å². The molecule has 0 saturated carbocycles. The molecular weight excluding hydrogens is 193 g/mol. The van der Waals surface area contributed by atoms with Gasteiger partial charge >= 0.3 is 0 Å². The summed E-state index contributed by atoms with van der Waals surface area (Å²) in [5, 5.41) is 0. The summed E-state index contributed by atoms with van der Waals surface area (Å²) in [4.78, 5) is 35.2. The Balaban J connectivity index is 2.76. The van der Waals surface area contributed by atoms with E-state index in [1.807, 2.05) is 0 Å². The van der Waals surface area contributed by atoms with Crippen molar-refractivity contribution in [3.8, 4) is 0 Å². The first-order valence-corrected chi connectivity index (χ1v) is 5.16. The SMILES string of the molecule is O=C(CP(=O)([O-])[O-])c1cccnc1. The summed E-state index contributed by atoms with van der Waals surface area (Å²) in [5.74, 6) is -0.721. The lowest BCUT2D eigenvalue weighted by Gasteiger charge is -2.28. The van der Waals surface area contributed by atoms with Crippen molar-refractivity contribution in [1.82, 2.24) is 4.98 Å². The number of carbonyl (C=O) groups excluding carboxylic acids is 1. The van der Waals surface area contributed by atoms with Crippen LogP contribution in [0.2, 0.25) is 0 Å². The Morgan fingerprint density at radius 3 is 2.69 bits per heavy atom. The number of aromatic nitrogens is 1. The minimum absolute atomic E-state index is 0.134. The highest BCUT2D eigenvalue weighted by Crippen LogP contribution is 2.23. The molecule has 0 bridgehead atoms. The molecule has 0 fully saturated rings. The molecule has 0 saturated heterocycles. The molecule has 0 aromatic carbocycles. The fraction of sp³-hybridized carbons (Fsp3) is 0.143. The van der Waals surface area contributed by atoms with Gasteiger partial charge in [-0.2, -0.15) is 0 Å². The maximum atomic E-state index is 11.0. The lowest BCUT2D eigenvalue weighted by atomic mass is 10.2. The normalized spacial score (nSPS) is 11.2. The van der Waals surface area contributed by atoms with Crippen molar-refractivity contribution in [2.24, 2.45) is 0 Å². The van der Waals surface area contributed by atoms with Crippen molar-refractivity contribution in [3.05, 3.63) is 30.1 Å². The van der Waals surface area contributed by atoms with Gasteiger partial charge in [0.1, 0.15) is 0 Å². The van der Waals surface area contributed by atoms with E-state index < -0.39 is 19.5 Å². The van der Waals surface area contributed by atoms with Crippen LogP contribution in [0.25, 0.3) is 0 Å². The molecule has 0 amide bonds. The predicted molar refractivity (Wildman–Crippen MR) is 41.0 cm³/mol. The molecule has 0 spiro atoms. The van der Waals surface area contributed by atoms with Gasteiger partial charge in [-0.25, -0.2) is 0 Å². The molecule has 0 aliphatic heterocycles. The standard InChI is InChI=1S/C7H8NO4P/c9-7(5-13(10,11)12)6-2-1-3-8-4-6/h1-4H,5H2,(H2,10,11,12)/p-2. The highest BCUT2D eigenvalue weighted by molar-refractivity contribution is 7.49. The Kier molecular flexibility index (Phi) is 2.93. The molecule has 1 rings (SSSR count). The van der Waals surface area contributed by atoms with E-state index in [2.05, 4.69) is 4.98 Å². The largest absolute Gasteiger partial charge is 0.810 e. The monoisotopic (exact) mass is 199 g/mol. The molecule has 0 atom stereocenters. The molecular formula is C7H6NO4P-2. The third-order valence-electron chi connectivity index (χ3n) is 1.32. The minimum atomic E-state index is -4.76. The molecule has 1 aromatic rings. The first-order chi connectivity index (χ1) is 5.99. The number of pyridine rings is 1. The summed E-state index contributed by atoms with van der Waals surface area (Å²) >= 11 is 0. The van der Waals surface area contributed by atoms with Gasteiger partial charge in [-0.05, 0) is 12.1 Å². The zero-order valence-electron chi connectivity index (χ0n) is 6.54. The fourth-order valence-corrected chi connectivity index (χ4v) is 1.33. The molecule has 0 N–H and O–H groups in total. The maximum Gasteiger partial charge on any atom is 0.169 e. The molecule has 1 aromatic heterocycles. The van der Waals surface area contributed by atoms with Gasteiger partial charge in [0.15, 0.2) is 5.78 Å². The molecule has 70 valence electrons. The third-order valence-corrected chi connectivity index (χ3v) is 2.00. The van der Waals surface area contributed by atoms with Crippen LogP contribution in [0.1, 0.15) is 10.4 Å². The second kappa shape index (κ2) is 3.79. The lowest BCUT2D eigenvalue weighted by molar-refractivity contribution is -0.312. The third kappa shape index (κ3) is 3.46. The van der Waals surface area contributed by atoms with Gasteiger partial charge in [0.2, 0.25) is 0 Å². The van der Waals surface area contributed by atoms with Gasteiger partial charge in [0.25, 0.3) is 0 Å². The zero-order valence-corrected chi connectivity index (χ0v) is 7.44. The van der Waals surface area contributed by atoms with Crippen molar-refractivity contribution in [3.63, 3.8) is 0 Å². The van der Waals surface area contributed by atoms with Crippen LogP contribution >= 0.6 is 7.60 Å². The summed E-state index contributed by atoms with van der Waals surface area (Å²) in [6.45, 7) is 0. The van der Waals surface area contributed by atoms with Crippen LogP contribution in [0.3, 0.4) is 0 Å². The molecule has 0 radical (unpaired) electrons. The van der Waals surface area contributed by atoms with Crippen LogP contribution in [0.4, 0.5) is 0 Å². The topological polar surface area (TPSA) is 93.2 Å². The summed E-state index contributed by atoms with van der Waals surface area (Å²) in [6.07, 6.45) is 1.68. The van der Waals surface area contributed by atoms with Crippen LogP contribution in [0.5, 0.6) is 0 Å². The second-order valence-electron chi connectivity index (χ2n) is 2.43. The summed E-state index contributed by atoms with van der Waals surface area (Å²) in [6, 6.07) is 2.90. The van der Waals surface area contributed by atoms with Crippen LogP contribution in [-0.4, -0.2) is 16.9 Å². The van der Waals surface area contributed by atoms with Crippen molar-refractivity contribution >= 4 is 13.4 Å². The number of nitrogens with zero attached hydrogens (tertiary/aromatic N) is 1. The van der Waals surface area contributed by atoms with Crippen molar-refractivity contribution < 1.29 is 19.1 Å². The average molecular weight is 199 g/mol. The summed E-state index contributed by atoms with van der Waals surface area (Å²) in [7, 11) is -4.76. The molecule has 0 unspecified atom stereocenters. The highest BCUT2D eigenvalue weighted by Gasteiger charge is 2.06. The number of hydrogen-bond donors (Lipinski definition) is 0. The number of Topliss-reactive ketones (excluding diaryl/α,β-unsaturated/α-hetero) is 1. The minimum Gasteiger partial charge on any atom is -0.810 e. The van der Waals surface area contributed by atoms with E-state index in [-0.39, 0.29) is 5.56 Å². The Morgan fingerprint density at radius 2 is 2.23 bits per heavy atom. The number of hydrogen-bond acceptors (Lipinski definition) is 5. The fourth-order valence-electron chi connectivity index (χ4n) is 0.795. The number of rotatable bonds is 3. The lowest BCUT2D eigenvalue weighted by Crippen LogP contribution is -2.21. The number of ketones is 1. The number of carbonyl (C=O) groups is 1. The Bertz CT molecular complexity index is 345.